The van der Waals surface area contributed by atoms with Gasteiger partial charge in [-0.2, -0.15) is 0 Å². The molecule has 1 aliphatic rings. The lowest BCUT2D eigenvalue weighted by molar-refractivity contribution is -0.00000677. The molecule has 0 spiro atoms. The van der Waals surface area contributed by atoms with Crippen molar-refractivity contribution in [1.82, 2.24) is 0 Å². The van der Waals surface area contributed by atoms with Crippen molar-refractivity contribution in [3.8, 4) is 11.1 Å². The highest BCUT2D eigenvalue weighted by Crippen LogP contribution is 2.81. The van der Waals surface area contributed by atoms with E-state index < -0.39 is 7.26 Å². The van der Waals surface area contributed by atoms with Crippen LogP contribution in [0.15, 0.2) is 72.8 Å². The predicted molar refractivity (Wildman–Crippen MR) is 141 cm³/mol. The average molecular weight is 505 g/mol. The van der Waals surface area contributed by atoms with E-state index in [9.17, 15) is 0 Å². The second kappa shape index (κ2) is 7.96. The van der Waals surface area contributed by atoms with Crippen LogP contribution in [-0.2, 0) is 12.3 Å². The average Bonchev–Trinajstić information content (AvgIpc) is 2.88. The molecule has 0 unspecified atom stereocenters. The molecule has 0 N–H and O–H groups in total. The van der Waals surface area contributed by atoms with Gasteiger partial charge in [-0.05, 0) is 85.3 Å². The highest BCUT2D eigenvalue weighted by Gasteiger charge is 2.58. The highest BCUT2D eigenvalue weighted by molar-refractivity contribution is 7.77. The Labute approximate surface area is 204 Å². The van der Waals surface area contributed by atoms with Gasteiger partial charge in [-0.3, -0.25) is 0 Å². The fourth-order valence-electron chi connectivity index (χ4n) is 6.08. The first-order valence-electron chi connectivity index (χ1n) is 11.5. The van der Waals surface area contributed by atoms with Crippen LogP contribution in [-0.4, -0.2) is 10.3 Å². The first-order chi connectivity index (χ1) is 14.6. The van der Waals surface area contributed by atoms with Crippen LogP contribution in [0.3, 0.4) is 0 Å². The van der Waals surface area contributed by atoms with Crippen molar-refractivity contribution in [2.24, 2.45) is 0 Å². The summed E-state index contributed by atoms with van der Waals surface area (Å²) in [4.78, 5) is 0. The van der Waals surface area contributed by atoms with Gasteiger partial charge in [-0.1, -0.05) is 72.8 Å². The molecular formula is C30H34BrP. The molecule has 0 saturated carbocycles. The summed E-state index contributed by atoms with van der Waals surface area (Å²) in [5.41, 5.74) is 6.07. The Morgan fingerprint density at radius 3 is 1.28 bits per heavy atom. The molecule has 0 radical (unpaired) electrons. The van der Waals surface area contributed by atoms with E-state index in [1.165, 1.54) is 45.0 Å². The van der Waals surface area contributed by atoms with E-state index in [0.717, 1.165) is 0 Å². The second-order valence-corrected chi connectivity index (χ2v) is 16.5. The normalized spacial score (nSPS) is 15.6. The zero-order chi connectivity index (χ0) is 22.0. The maximum Gasteiger partial charge on any atom is 0.0862 e. The molecule has 0 nitrogen and oxygen atoms in total. The molecule has 1 heterocycles. The van der Waals surface area contributed by atoms with Crippen LogP contribution >= 0.6 is 7.26 Å². The summed E-state index contributed by atoms with van der Waals surface area (Å²) in [6.07, 6.45) is 2.42. The largest absolute Gasteiger partial charge is 1.00 e. The van der Waals surface area contributed by atoms with Crippen LogP contribution in [0.5, 0.6) is 0 Å². The third kappa shape index (κ3) is 3.44. The van der Waals surface area contributed by atoms with E-state index in [1.807, 2.05) is 0 Å². The molecule has 32 heavy (non-hydrogen) atoms. The Bertz CT molecular complexity index is 1200. The van der Waals surface area contributed by atoms with Gasteiger partial charge in [0.15, 0.2) is 0 Å². The number of rotatable bonds is 0. The van der Waals surface area contributed by atoms with Crippen LogP contribution in [0.25, 0.3) is 32.7 Å². The van der Waals surface area contributed by atoms with Gasteiger partial charge < -0.3 is 17.0 Å². The fourth-order valence-corrected chi connectivity index (χ4v) is 11.8. The first-order valence-corrected chi connectivity index (χ1v) is 13.7. The molecule has 4 aromatic rings. The van der Waals surface area contributed by atoms with Gasteiger partial charge in [0.25, 0.3) is 0 Å². The molecule has 1 aliphatic heterocycles. The van der Waals surface area contributed by atoms with Crippen molar-refractivity contribution in [3.63, 3.8) is 0 Å². The Morgan fingerprint density at radius 2 is 0.906 bits per heavy atom. The third-order valence-electron chi connectivity index (χ3n) is 7.73. The van der Waals surface area contributed by atoms with Crippen molar-refractivity contribution in [3.05, 3.63) is 83.9 Å². The van der Waals surface area contributed by atoms with E-state index in [1.54, 1.807) is 11.1 Å². The second-order valence-electron chi connectivity index (χ2n) is 11.3. The molecule has 166 valence electrons. The molecule has 0 amide bonds. The lowest BCUT2D eigenvalue weighted by Gasteiger charge is -2.47. The number of hydrogen-bond donors (Lipinski definition) is 0. The minimum Gasteiger partial charge on any atom is -1.00 e. The van der Waals surface area contributed by atoms with Crippen LogP contribution in [0.4, 0.5) is 0 Å². The molecule has 0 saturated heterocycles. The van der Waals surface area contributed by atoms with Crippen LogP contribution < -0.4 is 17.0 Å². The Hall–Kier alpha value is -1.69. The van der Waals surface area contributed by atoms with Gasteiger partial charge in [0, 0.05) is 7.26 Å². The summed E-state index contributed by atoms with van der Waals surface area (Å²) in [7, 11) is -1.42. The lowest BCUT2D eigenvalue weighted by atomic mass is 9.88. The van der Waals surface area contributed by atoms with E-state index in [4.69, 9.17) is 0 Å². The van der Waals surface area contributed by atoms with Crippen molar-refractivity contribution in [2.45, 2.75) is 64.2 Å². The zero-order valence-corrected chi connectivity index (χ0v) is 22.6. The number of fused-ring (bicyclic) bond motifs is 7. The van der Waals surface area contributed by atoms with Gasteiger partial charge in [-0.25, -0.2) is 0 Å². The molecule has 0 fully saturated rings. The minimum absolute atomic E-state index is 0. The maximum absolute atomic E-state index is 2.50. The van der Waals surface area contributed by atoms with E-state index >= 15 is 0 Å². The van der Waals surface area contributed by atoms with E-state index in [-0.39, 0.29) is 27.3 Å². The van der Waals surface area contributed by atoms with Gasteiger partial charge in [0.05, 0.1) is 22.6 Å². The van der Waals surface area contributed by atoms with Gasteiger partial charge in [0.2, 0.25) is 0 Å². The van der Waals surface area contributed by atoms with Gasteiger partial charge >= 0.3 is 0 Å². The van der Waals surface area contributed by atoms with E-state index in [2.05, 4.69) is 114 Å². The molecule has 0 aromatic heterocycles. The lowest BCUT2D eigenvalue weighted by Crippen LogP contribution is -3.00. The molecule has 4 aromatic carbocycles. The smallest absolute Gasteiger partial charge is 0.0862 e. The highest BCUT2D eigenvalue weighted by atomic mass is 79.9. The van der Waals surface area contributed by atoms with Crippen molar-refractivity contribution in [1.29, 1.82) is 0 Å². The standard InChI is InChI=1S/C30H34P.BrH/c1-29(2,3)31(30(4,5)6)19-23-17-15-21-11-7-9-13-25(21)27(23)28-24(20-31)18-16-22-12-8-10-14-26(22)28;/h7-18H,19-20H2,1-6H3;1H/q+1;/p-1. The van der Waals surface area contributed by atoms with Gasteiger partial charge in [-0.15, -0.1) is 0 Å². The fraction of sp³-hybridized carbons (Fsp3) is 0.333. The van der Waals surface area contributed by atoms with Crippen LogP contribution in [0.2, 0.25) is 0 Å². The first kappa shape index (κ1) is 23.5. The number of hydrogen-bond acceptors (Lipinski definition) is 0. The third-order valence-corrected chi connectivity index (χ3v) is 14.6. The summed E-state index contributed by atoms with van der Waals surface area (Å²) in [5.74, 6) is 0. The Balaban J connectivity index is 0.00000245. The SMILES string of the molecule is CC(C)(C)[P+]1(C(C)(C)C)Cc2ccc3ccccc3c2-c2c(ccc3ccccc23)C1.[Br-]. The molecule has 0 atom stereocenters. The molecular weight excluding hydrogens is 471 g/mol. The maximum atomic E-state index is 2.50. The predicted octanol–water partition coefficient (Wildman–Crippen LogP) is 6.29. The van der Waals surface area contributed by atoms with Crippen molar-refractivity contribution >= 4 is 28.8 Å². The van der Waals surface area contributed by atoms with E-state index in [0.29, 0.717) is 0 Å². The summed E-state index contributed by atoms with van der Waals surface area (Å²) < 4.78 is 0. The summed E-state index contributed by atoms with van der Waals surface area (Å²) in [6.45, 7) is 15.0. The zero-order valence-electron chi connectivity index (χ0n) is 20.2. The minimum atomic E-state index is -1.42. The monoisotopic (exact) mass is 504 g/mol. The van der Waals surface area contributed by atoms with Crippen molar-refractivity contribution in [2.75, 3.05) is 0 Å². The molecule has 0 bridgehead atoms. The summed E-state index contributed by atoms with van der Waals surface area (Å²) in [5, 5.41) is 6.05. The van der Waals surface area contributed by atoms with Gasteiger partial charge in [0.1, 0.15) is 0 Å². The quantitative estimate of drug-likeness (QED) is 0.247. The number of benzene rings is 4. The molecule has 5 rings (SSSR count). The van der Waals surface area contributed by atoms with Crippen LogP contribution in [0, 0.1) is 0 Å². The summed E-state index contributed by atoms with van der Waals surface area (Å²) in [6, 6.07) is 27.5. The number of halogens is 1. The Morgan fingerprint density at radius 1 is 0.531 bits per heavy atom. The van der Waals surface area contributed by atoms with Crippen LogP contribution in [0.1, 0.15) is 52.7 Å². The van der Waals surface area contributed by atoms with Crippen molar-refractivity contribution < 1.29 is 17.0 Å². The summed E-state index contributed by atoms with van der Waals surface area (Å²) >= 11 is 0. The molecule has 2 heteroatoms. The topological polar surface area (TPSA) is 0 Å². The molecule has 0 aliphatic carbocycles. The Kier molecular flexibility index (Phi) is 5.84.